The Morgan fingerprint density at radius 1 is 0.533 bits per heavy atom. The van der Waals surface area contributed by atoms with Crippen LogP contribution in [0.5, 0.6) is 0 Å². The summed E-state index contributed by atoms with van der Waals surface area (Å²) in [4.78, 5) is 50.4. The average Bonchev–Trinajstić information content (AvgIpc) is 2.80. The van der Waals surface area contributed by atoms with Crippen molar-refractivity contribution in [3.05, 3.63) is 0 Å². The molecule has 168 valence electrons. The minimum absolute atomic E-state index is 0.328. The van der Waals surface area contributed by atoms with E-state index in [2.05, 4.69) is 0 Å². The van der Waals surface area contributed by atoms with Crippen molar-refractivity contribution < 1.29 is 46.9 Å². The number of rotatable bonds is 7. The Morgan fingerprint density at radius 3 is 1.03 bits per heavy atom. The maximum atomic E-state index is 12.8. The van der Waals surface area contributed by atoms with Gasteiger partial charge in [-0.2, -0.15) is 0 Å². The molecule has 8 heteroatoms. The van der Waals surface area contributed by atoms with Crippen LogP contribution in [-0.4, -0.2) is 22.5 Å². The second-order valence-electron chi connectivity index (χ2n) is 8.99. The molecule has 0 atom stereocenters. The van der Waals surface area contributed by atoms with Crippen molar-refractivity contribution in [1.29, 1.82) is 0 Å². The fraction of sp³-hybridized carbons (Fsp3) is 0.818. The van der Waals surface area contributed by atoms with E-state index in [-0.39, 0.29) is 17.8 Å². The van der Waals surface area contributed by atoms with Gasteiger partial charge in [-0.15, -0.1) is 0 Å². The Balaban J connectivity index is 1.73. The van der Waals surface area contributed by atoms with Gasteiger partial charge in [0.05, 0.1) is 0 Å². The topological polar surface area (TPSA) is 96.0 Å². The molecule has 0 bridgehead atoms. The van der Waals surface area contributed by atoms with Crippen LogP contribution in [0.1, 0.15) is 96.3 Å². The van der Waals surface area contributed by atoms with Gasteiger partial charge in [-0.3, -0.25) is 0 Å². The summed E-state index contributed by atoms with van der Waals surface area (Å²) in [5.41, 5.74) is 0. The summed E-state index contributed by atoms with van der Waals surface area (Å²) in [6.45, 7) is 0. The Bertz CT molecular complexity index is 538. The molecule has 30 heavy (non-hydrogen) atoms. The molecular weight excluding hydrogens is 424 g/mol. The van der Waals surface area contributed by atoms with Crippen molar-refractivity contribution in [3.63, 3.8) is 0 Å². The molecule has 0 radical (unpaired) electrons. The van der Waals surface area contributed by atoms with E-state index >= 15 is 0 Å². The standard InChI is InChI=1S/3C7H12O2.CHO.Ti/c3*8-7(9)6-4-2-1-3-5-6;1-2;/h3*6H,1-5H2,(H,8,9);1H;/q;;;;+3/p-3. The van der Waals surface area contributed by atoms with Crippen LogP contribution in [-0.2, 0) is 46.9 Å². The minimum atomic E-state index is -5.08. The van der Waals surface area contributed by atoms with Gasteiger partial charge < -0.3 is 0 Å². The van der Waals surface area contributed by atoms with Crippen LogP contribution in [0.15, 0.2) is 0 Å². The van der Waals surface area contributed by atoms with Gasteiger partial charge in [0.15, 0.2) is 0 Å². The summed E-state index contributed by atoms with van der Waals surface area (Å²) in [6, 6.07) is 0. The summed E-state index contributed by atoms with van der Waals surface area (Å²) in [5, 5.41) is 0. The Morgan fingerprint density at radius 2 is 0.800 bits per heavy atom. The van der Waals surface area contributed by atoms with Crippen molar-refractivity contribution in [1.82, 2.24) is 0 Å². The van der Waals surface area contributed by atoms with Gasteiger partial charge in [-0.05, 0) is 0 Å². The zero-order chi connectivity index (χ0) is 21.4. The monoisotopic (exact) mass is 458 g/mol. The first kappa shape index (κ1) is 23.5. The second kappa shape index (κ2) is 11.4. The van der Waals surface area contributed by atoms with E-state index in [0.717, 1.165) is 57.8 Å². The first-order valence-corrected chi connectivity index (χ1v) is 14.5. The third-order valence-electron chi connectivity index (χ3n) is 6.69. The summed E-state index contributed by atoms with van der Waals surface area (Å²) in [7, 11) is 0. The Kier molecular flexibility index (Phi) is 8.93. The fourth-order valence-electron chi connectivity index (χ4n) is 4.82. The summed E-state index contributed by atoms with van der Waals surface area (Å²) < 4.78 is 17.0. The van der Waals surface area contributed by atoms with Crippen molar-refractivity contribution in [2.75, 3.05) is 0 Å². The molecule has 0 aliphatic heterocycles. The van der Waals surface area contributed by atoms with Crippen LogP contribution in [0.3, 0.4) is 0 Å². The third-order valence-corrected chi connectivity index (χ3v) is 9.41. The van der Waals surface area contributed by atoms with Gasteiger partial charge in [0.2, 0.25) is 0 Å². The molecule has 3 aliphatic rings. The summed E-state index contributed by atoms with van der Waals surface area (Å²) in [5.74, 6) is -2.67. The van der Waals surface area contributed by atoms with E-state index in [1.807, 2.05) is 0 Å². The number of carbonyl (C=O) groups is 4. The van der Waals surface area contributed by atoms with Gasteiger partial charge in [0.25, 0.3) is 0 Å². The zero-order valence-corrected chi connectivity index (χ0v) is 19.3. The van der Waals surface area contributed by atoms with Gasteiger partial charge in [0, 0.05) is 0 Å². The first-order valence-electron chi connectivity index (χ1n) is 11.7. The van der Waals surface area contributed by atoms with Crippen LogP contribution in [0.25, 0.3) is 0 Å². The number of hydrogen-bond acceptors (Lipinski definition) is 7. The molecule has 0 amide bonds. The third kappa shape index (κ3) is 6.40. The van der Waals surface area contributed by atoms with Crippen LogP contribution < -0.4 is 0 Å². The average molecular weight is 458 g/mol. The molecule has 0 heterocycles. The Labute approximate surface area is 183 Å². The molecular formula is C22H34O7Ti. The van der Waals surface area contributed by atoms with Crippen molar-refractivity contribution in [2.45, 2.75) is 96.3 Å². The van der Waals surface area contributed by atoms with E-state index < -0.39 is 35.7 Å². The van der Waals surface area contributed by atoms with Crippen LogP contribution in [0, 0.1) is 17.8 Å². The van der Waals surface area contributed by atoms with Gasteiger partial charge in [-0.25, -0.2) is 0 Å². The van der Waals surface area contributed by atoms with Crippen molar-refractivity contribution in [2.24, 2.45) is 17.8 Å². The van der Waals surface area contributed by atoms with Crippen LogP contribution in [0.4, 0.5) is 0 Å². The van der Waals surface area contributed by atoms with Gasteiger partial charge in [-0.1, -0.05) is 0 Å². The molecule has 0 spiro atoms. The second-order valence-corrected chi connectivity index (χ2v) is 12.2. The molecule has 7 nitrogen and oxygen atoms in total. The summed E-state index contributed by atoms with van der Waals surface area (Å²) in [6.07, 6.45) is 12.8. The Hall–Kier alpha value is -1.21. The van der Waals surface area contributed by atoms with Gasteiger partial charge in [0.1, 0.15) is 0 Å². The van der Waals surface area contributed by atoms with Crippen LogP contribution in [0.2, 0.25) is 0 Å². The van der Waals surface area contributed by atoms with E-state index in [1.54, 1.807) is 0 Å². The molecule has 3 rings (SSSR count). The number of carbonyl (C=O) groups excluding carboxylic acids is 4. The molecule has 0 aromatic carbocycles. The molecule has 3 fully saturated rings. The molecule has 3 saturated carbocycles. The molecule has 0 N–H and O–H groups in total. The maximum absolute atomic E-state index is 12.8. The summed E-state index contributed by atoms with van der Waals surface area (Å²) >= 11 is -5.08. The normalized spacial score (nSPS) is 22.1. The van der Waals surface area contributed by atoms with Crippen molar-refractivity contribution >= 4 is 22.5 Å². The molecule has 3 aliphatic carbocycles. The predicted molar refractivity (Wildman–Crippen MR) is 105 cm³/mol. The zero-order valence-electron chi connectivity index (χ0n) is 17.8. The van der Waals surface area contributed by atoms with E-state index in [9.17, 15) is 19.2 Å². The van der Waals surface area contributed by atoms with E-state index in [1.165, 1.54) is 0 Å². The predicted octanol–water partition coefficient (Wildman–Crippen LogP) is 4.45. The quantitative estimate of drug-likeness (QED) is 0.411. The molecule has 0 aromatic rings. The van der Waals surface area contributed by atoms with E-state index in [0.29, 0.717) is 43.1 Å². The SMILES string of the molecule is O=[CH][Ti]([O]C(=O)C1CCCCC1)([O]C(=O)C1CCCCC1)[O]C(=O)C1CCCCC1. The van der Waals surface area contributed by atoms with Crippen molar-refractivity contribution in [3.8, 4) is 0 Å². The first-order chi connectivity index (χ1) is 14.5. The van der Waals surface area contributed by atoms with Crippen LogP contribution >= 0.6 is 0 Å². The van der Waals surface area contributed by atoms with Gasteiger partial charge >= 0.3 is 183 Å². The molecule has 0 saturated heterocycles. The molecule has 0 unspecified atom stereocenters. The number of hydrogen-bond donors (Lipinski definition) is 0. The molecule has 0 aromatic heterocycles. The fourth-order valence-corrected chi connectivity index (χ4v) is 7.34. The van der Waals surface area contributed by atoms with E-state index in [4.69, 9.17) is 9.96 Å².